The van der Waals surface area contributed by atoms with Crippen LogP contribution in [0.3, 0.4) is 0 Å². The van der Waals surface area contributed by atoms with Crippen molar-refractivity contribution in [3.05, 3.63) is 71.3 Å². The third-order valence-electron chi connectivity index (χ3n) is 6.74. The van der Waals surface area contributed by atoms with Gasteiger partial charge in [0.15, 0.2) is 0 Å². The molecule has 1 aliphatic carbocycles. The smallest absolute Gasteiger partial charge is 0.135 e. The van der Waals surface area contributed by atoms with Crippen LogP contribution >= 0.6 is 0 Å². The predicted molar refractivity (Wildman–Crippen MR) is 114 cm³/mol. The second kappa shape index (κ2) is 6.12. The zero-order valence-electron chi connectivity index (χ0n) is 17.4. The first-order valence-electron chi connectivity index (χ1n) is 10.0. The first-order valence-corrected chi connectivity index (χ1v) is 10.0. The summed E-state index contributed by atoms with van der Waals surface area (Å²) in [5.74, 6) is 2.57. The van der Waals surface area contributed by atoms with Crippen molar-refractivity contribution in [3.63, 3.8) is 0 Å². The fraction of sp³-hybridized carbons (Fsp3) is 0.385. The van der Waals surface area contributed by atoms with Gasteiger partial charge in [0.2, 0.25) is 0 Å². The number of hydrogen-bond donors (Lipinski definition) is 0. The van der Waals surface area contributed by atoms with Crippen LogP contribution in [0.5, 0.6) is 0 Å². The maximum Gasteiger partial charge on any atom is 0.135 e. The number of fused-ring (bicyclic) bond motifs is 1. The van der Waals surface area contributed by atoms with Crippen molar-refractivity contribution in [3.8, 4) is 22.6 Å². The van der Waals surface area contributed by atoms with Gasteiger partial charge in [-0.25, -0.2) is 0 Å². The summed E-state index contributed by atoms with van der Waals surface area (Å²) in [6.45, 7) is 14.2. The SMILES string of the molecule is Cc1ccc2c(c1-c1ccc(-c3ccccc3)o1)C(C)(C)CC(C)C2(C)C. The third kappa shape index (κ3) is 2.84. The number of aryl methyl sites for hydroxylation is 1. The maximum atomic E-state index is 6.39. The lowest BCUT2D eigenvalue weighted by atomic mass is 9.57. The fourth-order valence-electron chi connectivity index (χ4n) is 4.88. The second-order valence-corrected chi connectivity index (χ2v) is 9.42. The van der Waals surface area contributed by atoms with Gasteiger partial charge in [-0.2, -0.15) is 0 Å². The van der Waals surface area contributed by atoms with Gasteiger partial charge < -0.3 is 4.42 Å². The molecular weight excluding hydrogens is 328 g/mol. The van der Waals surface area contributed by atoms with Crippen molar-refractivity contribution in [2.75, 3.05) is 0 Å². The lowest BCUT2D eigenvalue weighted by Crippen LogP contribution is -2.40. The van der Waals surface area contributed by atoms with Gasteiger partial charge in [0, 0.05) is 11.1 Å². The van der Waals surface area contributed by atoms with Crippen LogP contribution in [0.25, 0.3) is 22.6 Å². The molecule has 1 heterocycles. The Hall–Kier alpha value is -2.28. The lowest BCUT2D eigenvalue weighted by Gasteiger charge is -2.47. The zero-order valence-corrected chi connectivity index (χ0v) is 17.4. The topological polar surface area (TPSA) is 13.1 Å². The molecule has 1 unspecified atom stereocenters. The van der Waals surface area contributed by atoms with Gasteiger partial charge in [-0.3, -0.25) is 0 Å². The van der Waals surface area contributed by atoms with Gasteiger partial charge >= 0.3 is 0 Å². The van der Waals surface area contributed by atoms with E-state index in [1.807, 2.05) is 6.07 Å². The number of furan rings is 1. The van der Waals surface area contributed by atoms with Gasteiger partial charge in [-0.05, 0) is 58.9 Å². The van der Waals surface area contributed by atoms with E-state index >= 15 is 0 Å². The first kappa shape index (κ1) is 18.1. The fourth-order valence-corrected chi connectivity index (χ4v) is 4.88. The highest BCUT2D eigenvalue weighted by molar-refractivity contribution is 5.73. The molecular formula is C26H30O. The van der Waals surface area contributed by atoms with Crippen LogP contribution in [-0.2, 0) is 10.8 Å². The minimum absolute atomic E-state index is 0.130. The van der Waals surface area contributed by atoms with Crippen molar-refractivity contribution in [1.82, 2.24) is 0 Å². The highest BCUT2D eigenvalue weighted by Crippen LogP contribution is 2.52. The average molecular weight is 359 g/mol. The number of hydrogen-bond acceptors (Lipinski definition) is 1. The lowest BCUT2D eigenvalue weighted by molar-refractivity contribution is 0.234. The van der Waals surface area contributed by atoms with Crippen molar-refractivity contribution in [1.29, 1.82) is 0 Å². The molecule has 0 saturated heterocycles. The van der Waals surface area contributed by atoms with Gasteiger partial charge in [-0.15, -0.1) is 0 Å². The van der Waals surface area contributed by atoms with E-state index < -0.39 is 0 Å². The Bertz CT molecular complexity index is 973. The summed E-state index contributed by atoms with van der Waals surface area (Å²) >= 11 is 0. The molecule has 27 heavy (non-hydrogen) atoms. The highest BCUT2D eigenvalue weighted by atomic mass is 16.3. The standard InChI is InChI=1S/C26H30O/c1-17-12-13-20-24(25(3,4)16-18(2)26(20,5)6)23(17)22-15-14-21(27-22)19-10-8-7-9-11-19/h7-15,18H,16H2,1-6H3. The molecule has 0 fully saturated rings. The molecule has 0 radical (unpaired) electrons. The summed E-state index contributed by atoms with van der Waals surface area (Å²) in [7, 11) is 0. The maximum absolute atomic E-state index is 6.39. The van der Waals surface area contributed by atoms with Crippen LogP contribution in [0.15, 0.2) is 59.0 Å². The summed E-state index contributed by atoms with van der Waals surface area (Å²) in [5, 5.41) is 0. The van der Waals surface area contributed by atoms with E-state index in [-0.39, 0.29) is 10.8 Å². The van der Waals surface area contributed by atoms with E-state index in [1.54, 1.807) is 0 Å². The van der Waals surface area contributed by atoms with Crippen LogP contribution in [-0.4, -0.2) is 0 Å². The van der Waals surface area contributed by atoms with Crippen LogP contribution in [0.4, 0.5) is 0 Å². The predicted octanol–water partition coefficient (Wildman–Crippen LogP) is 7.52. The van der Waals surface area contributed by atoms with Crippen molar-refractivity contribution in [2.45, 2.75) is 58.8 Å². The Balaban J connectivity index is 1.93. The summed E-state index contributed by atoms with van der Waals surface area (Å²) in [6.07, 6.45) is 1.19. The largest absolute Gasteiger partial charge is 0.456 e. The Morgan fingerprint density at radius 2 is 1.52 bits per heavy atom. The van der Waals surface area contributed by atoms with E-state index in [0.717, 1.165) is 17.1 Å². The molecule has 1 heteroatoms. The summed E-state index contributed by atoms with van der Waals surface area (Å²) in [4.78, 5) is 0. The molecule has 0 saturated carbocycles. The molecule has 0 bridgehead atoms. The summed E-state index contributed by atoms with van der Waals surface area (Å²) < 4.78 is 6.39. The molecule has 1 aliphatic rings. The summed E-state index contributed by atoms with van der Waals surface area (Å²) in [5.41, 5.74) is 6.96. The third-order valence-corrected chi connectivity index (χ3v) is 6.74. The van der Waals surface area contributed by atoms with Crippen molar-refractivity contribution >= 4 is 0 Å². The second-order valence-electron chi connectivity index (χ2n) is 9.42. The zero-order chi connectivity index (χ0) is 19.4. The number of rotatable bonds is 2. The minimum atomic E-state index is 0.130. The van der Waals surface area contributed by atoms with Crippen LogP contribution in [0, 0.1) is 12.8 Å². The monoisotopic (exact) mass is 358 g/mol. The quantitative estimate of drug-likeness (QED) is 0.462. The molecule has 4 rings (SSSR count). The van der Waals surface area contributed by atoms with Gasteiger partial charge in [0.1, 0.15) is 11.5 Å². The molecule has 0 aliphatic heterocycles. The minimum Gasteiger partial charge on any atom is -0.456 e. The Labute approximate surface area is 163 Å². The van der Waals surface area contributed by atoms with E-state index in [2.05, 4.69) is 90.1 Å². The molecule has 1 aromatic heterocycles. The van der Waals surface area contributed by atoms with Gasteiger partial charge in [-0.1, -0.05) is 77.1 Å². The molecule has 0 spiro atoms. The van der Waals surface area contributed by atoms with Crippen LogP contribution in [0.2, 0.25) is 0 Å². The van der Waals surface area contributed by atoms with Gasteiger partial charge in [0.25, 0.3) is 0 Å². The molecule has 0 amide bonds. The average Bonchev–Trinajstić information content (AvgIpc) is 3.10. The molecule has 140 valence electrons. The Morgan fingerprint density at radius 1 is 0.852 bits per heavy atom. The van der Waals surface area contributed by atoms with Crippen LogP contribution in [0.1, 0.15) is 57.7 Å². The Morgan fingerprint density at radius 3 is 2.22 bits per heavy atom. The molecule has 3 aromatic rings. The van der Waals surface area contributed by atoms with Gasteiger partial charge in [0.05, 0.1) is 0 Å². The van der Waals surface area contributed by atoms with E-state index in [1.165, 1.54) is 28.7 Å². The van der Waals surface area contributed by atoms with E-state index in [0.29, 0.717) is 5.92 Å². The Kier molecular flexibility index (Phi) is 4.10. The highest BCUT2D eigenvalue weighted by Gasteiger charge is 2.43. The van der Waals surface area contributed by atoms with Crippen molar-refractivity contribution in [2.24, 2.45) is 5.92 Å². The van der Waals surface area contributed by atoms with Crippen LogP contribution < -0.4 is 0 Å². The van der Waals surface area contributed by atoms with E-state index in [4.69, 9.17) is 4.42 Å². The van der Waals surface area contributed by atoms with E-state index in [9.17, 15) is 0 Å². The molecule has 1 nitrogen and oxygen atoms in total. The number of benzene rings is 2. The summed E-state index contributed by atoms with van der Waals surface area (Å²) in [6, 6.07) is 19.2. The first-order chi connectivity index (χ1) is 12.7. The molecule has 1 atom stereocenters. The normalized spacial score (nSPS) is 20.3. The molecule has 2 aromatic carbocycles. The molecule has 0 N–H and O–H groups in total. The van der Waals surface area contributed by atoms with Crippen molar-refractivity contribution < 1.29 is 4.42 Å².